The smallest absolute Gasteiger partial charge is 0.302 e. The molecule has 0 spiro atoms. The highest BCUT2D eigenvalue weighted by molar-refractivity contribution is 7.08. The highest BCUT2D eigenvalue weighted by atomic mass is 32.1. The van der Waals surface area contributed by atoms with Crippen molar-refractivity contribution in [2.45, 2.75) is 0 Å². The average Bonchev–Trinajstić information content (AvgIpc) is 3.40. The number of amides is 2. The van der Waals surface area contributed by atoms with Gasteiger partial charge in [-0.1, -0.05) is 0 Å². The molecule has 0 bridgehead atoms. The molecule has 4 rings (SSSR count). The second kappa shape index (κ2) is 7.81. The predicted molar refractivity (Wildman–Crippen MR) is 103 cm³/mol. The molecule has 2 amide bonds. The van der Waals surface area contributed by atoms with Crippen molar-refractivity contribution in [2.24, 2.45) is 0 Å². The standard InChI is InChI=1S/C19H17FN4O3S/c20-14-1-3-15(4-2-14)23-6-8-24(9-7-23)18(26)16-11-27-19(21-16)22-17(25)13-5-10-28-12-13/h1-5,10-12H,6-9H2,(H,21,22,25). The molecule has 1 fully saturated rings. The monoisotopic (exact) mass is 400 g/mol. The fourth-order valence-electron chi connectivity index (χ4n) is 2.97. The van der Waals surface area contributed by atoms with Crippen molar-refractivity contribution >= 4 is 34.9 Å². The van der Waals surface area contributed by atoms with E-state index in [-0.39, 0.29) is 29.3 Å². The molecular formula is C19H17FN4O3S. The van der Waals surface area contributed by atoms with E-state index in [0.717, 1.165) is 5.69 Å². The van der Waals surface area contributed by atoms with Crippen LogP contribution in [0.2, 0.25) is 0 Å². The average molecular weight is 400 g/mol. The molecule has 0 radical (unpaired) electrons. The maximum atomic E-state index is 13.1. The Kier molecular flexibility index (Phi) is 5.07. The SMILES string of the molecule is O=C(Nc1nc(C(=O)N2CCN(c3ccc(F)cc3)CC2)co1)c1ccsc1. The molecule has 0 unspecified atom stereocenters. The number of carbonyl (C=O) groups excluding carboxylic acids is 2. The molecular weight excluding hydrogens is 383 g/mol. The summed E-state index contributed by atoms with van der Waals surface area (Å²) < 4.78 is 18.3. The van der Waals surface area contributed by atoms with Crippen molar-refractivity contribution in [1.82, 2.24) is 9.88 Å². The zero-order chi connectivity index (χ0) is 19.5. The number of anilines is 2. The van der Waals surface area contributed by atoms with Crippen LogP contribution in [0.15, 0.2) is 51.8 Å². The van der Waals surface area contributed by atoms with Gasteiger partial charge in [-0.25, -0.2) is 4.39 Å². The Morgan fingerprint density at radius 1 is 1.11 bits per heavy atom. The largest absolute Gasteiger partial charge is 0.431 e. The van der Waals surface area contributed by atoms with E-state index in [1.807, 2.05) is 0 Å². The van der Waals surface area contributed by atoms with Crippen molar-refractivity contribution in [1.29, 1.82) is 0 Å². The normalized spacial score (nSPS) is 14.2. The summed E-state index contributed by atoms with van der Waals surface area (Å²) in [5.41, 5.74) is 1.58. The number of halogens is 1. The second-order valence-electron chi connectivity index (χ2n) is 6.26. The van der Waals surface area contributed by atoms with Crippen LogP contribution in [0.5, 0.6) is 0 Å². The van der Waals surface area contributed by atoms with Crippen LogP contribution in [-0.4, -0.2) is 47.9 Å². The third-order valence-electron chi connectivity index (χ3n) is 4.49. The number of nitrogens with zero attached hydrogens (tertiary/aromatic N) is 3. The van der Waals surface area contributed by atoms with Gasteiger partial charge in [-0.05, 0) is 35.7 Å². The molecule has 0 atom stereocenters. The van der Waals surface area contributed by atoms with Crippen LogP contribution in [0.3, 0.4) is 0 Å². The van der Waals surface area contributed by atoms with E-state index in [4.69, 9.17) is 4.42 Å². The van der Waals surface area contributed by atoms with Crippen LogP contribution in [0.4, 0.5) is 16.1 Å². The van der Waals surface area contributed by atoms with Gasteiger partial charge in [0.15, 0.2) is 5.69 Å². The number of rotatable bonds is 4. The molecule has 1 N–H and O–H groups in total. The Balaban J connectivity index is 1.35. The molecule has 144 valence electrons. The summed E-state index contributed by atoms with van der Waals surface area (Å²) in [4.78, 5) is 32.5. The molecule has 1 aromatic carbocycles. The maximum Gasteiger partial charge on any atom is 0.302 e. The Labute approximate surface area is 164 Å². The van der Waals surface area contributed by atoms with Gasteiger partial charge in [0.2, 0.25) is 0 Å². The molecule has 1 aliphatic heterocycles. The molecule has 1 saturated heterocycles. The number of benzene rings is 1. The summed E-state index contributed by atoms with van der Waals surface area (Å²) in [6.45, 7) is 2.30. The lowest BCUT2D eigenvalue weighted by Gasteiger charge is -2.35. The first kappa shape index (κ1) is 18.2. The van der Waals surface area contributed by atoms with Crippen molar-refractivity contribution < 1.29 is 18.4 Å². The number of carbonyl (C=O) groups is 2. The van der Waals surface area contributed by atoms with Crippen LogP contribution in [0, 0.1) is 5.82 Å². The fraction of sp³-hybridized carbons (Fsp3) is 0.211. The van der Waals surface area contributed by atoms with Gasteiger partial charge in [0.25, 0.3) is 11.8 Å². The fourth-order valence-corrected chi connectivity index (χ4v) is 3.61. The summed E-state index contributed by atoms with van der Waals surface area (Å²) in [5, 5.41) is 6.05. The van der Waals surface area contributed by atoms with Crippen LogP contribution in [0.25, 0.3) is 0 Å². The van der Waals surface area contributed by atoms with Gasteiger partial charge in [-0.2, -0.15) is 16.3 Å². The Hall–Kier alpha value is -3.20. The Morgan fingerprint density at radius 3 is 2.54 bits per heavy atom. The Morgan fingerprint density at radius 2 is 1.86 bits per heavy atom. The van der Waals surface area contributed by atoms with Crippen molar-refractivity contribution in [3.63, 3.8) is 0 Å². The molecule has 1 aliphatic rings. The molecule has 2 aromatic heterocycles. The summed E-state index contributed by atoms with van der Waals surface area (Å²) in [5.74, 6) is -0.862. The van der Waals surface area contributed by atoms with Gasteiger partial charge < -0.3 is 14.2 Å². The highest BCUT2D eigenvalue weighted by Gasteiger charge is 2.25. The molecule has 7 nitrogen and oxygen atoms in total. The molecule has 3 heterocycles. The number of hydrogen-bond acceptors (Lipinski definition) is 6. The van der Waals surface area contributed by atoms with Crippen LogP contribution < -0.4 is 10.2 Å². The van der Waals surface area contributed by atoms with Crippen molar-refractivity contribution in [3.05, 3.63) is 64.4 Å². The van der Waals surface area contributed by atoms with E-state index in [9.17, 15) is 14.0 Å². The van der Waals surface area contributed by atoms with Gasteiger partial charge >= 0.3 is 6.01 Å². The number of oxazole rings is 1. The molecule has 9 heteroatoms. The number of thiophene rings is 1. The molecule has 0 saturated carbocycles. The van der Waals surface area contributed by atoms with Crippen LogP contribution >= 0.6 is 11.3 Å². The summed E-state index contributed by atoms with van der Waals surface area (Å²) >= 11 is 1.41. The number of hydrogen-bond donors (Lipinski definition) is 1. The van der Waals surface area contributed by atoms with E-state index in [1.165, 1.54) is 29.7 Å². The first-order chi connectivity index (χ1) is 13.6. The van der Waals surface area contributed by atoms with Crippen molar-refractivity contribution in [3.8, 4) is 0 Å². The Bertz CT molecular complexity index is 963. The predicted octanol–water partition coefficient (Wildman–Crippen LogP) is 3.09. The summed E-state index contributed by atoms with van der Waals surface area (Å²) in [6.07, 6.45) is 1.25. The van der Waals surface area contributed by atoms with E-state index >= 15 is 0 Å². The van der Waals surface area contributed by atoms with Crippen LogP contribution in [-0.2, 0) is 0 Å². The zero-order valence-electron chi connectivity index (χ0n) is 14.8. The molecule has 28 heavy (non-hydrogen) atoms. The lowest BCUT2D eigenvalue weighted by molar-refractivity contribution is 0.0740. The lowest BCUT2D eigenvalue weighted by atomic mass is 10.2. The number of aromatic nitrogens is 1. The minimum atomic E-state index is -0.338. The minimum absolute atomic E-state index is 0.00972. The van der Waals surface area contributed by atoms with Gasteiger partial charge in [0, 0.05) is 37.2 Å². The third kappa shape index (κ3) is 3.89. The summed E-state index contributed by atoms with van der Waals surface area (Å²) in [7, 11) is 0. The molecule has 3 aromatic rings. The van der Waals surface area contributed by atoms with Gasteiger partial charge in [-0.15, -0.1) is 0 Å². The van der Waals surface area contributed by atoms with E-state index < -0.39 is 0 Å². The van der Waals surface area contributed by atoms with E-state index in [1.54, 1.807) is 33.9 Å². The quantitative estimate of drug-likeness (QED) is 0.728. The highest BCUT2D eigenvalue weighted by Crippen LogP contribution is 2.18. The van der Waals surface area contributed by atoms with Crippen molar-refractivity contribution in [2.75, 3.05) is 36.4 Å². The van der Waals surface area contributed by atoms with Gasteiger partial charge in [-0.3, -0.25) is 14.9 Å². The topological polar surface area (TPSA) is 78.7 Å². The first-order valence-corrected chi connectivity index (χ1v) is 9.63. The van der Waals surface area contributed by atoms with E-state index in [0.29, 0.717) is 31.7 Å². The van der Waals surface area contributed by atoms with Gasteiger partial charge in [0.1, 0.15) is 12.1 Å². The lowest BCUT2D eigenvalue weighted by Crippen LogP contribution is -2.48. The second-order valence-corrected chi connectivity index (χ2v) is 7.04. The molecule has 0 aliphatic carbocycles. The summed E-state index contributed by atoms with van der Waals surface area (Å²) in [6, 6.07) is 7.99. The zero-order valence-corrected chi connectivity index (χ0v) is 15.6. The number of nitrogens with one attached hydrogen (secondary N) is 1. The maximum absolute atomic E-state index is 13.1. The van der Waals surface area contributed by atoms with Crippen LogP contribution in [0.1, 0.15) is 20.8 Å². The minimum Gasteiger partial charge on any atom is -0.431 e. The van der Waals surface area contributed by atoms with Gasteiger partial charge in [0.05, 0.1) is 5.56 Å². The number of piperazine rings is 1. The third-order valence-corrected chi connectivity index (χ3v) is 5.17. The van der Waals surface area contributed by atoms with E-state index in [2.05, 4.69) is 15.2 Å². The first-order valence-electron chi connectivity index (χ1n) is 8.69.